The molecule has 0 radical (unpaired) electrons. The second kappa shape index (κ2) is 9.02. The Morgan fingerprint density at radius 3 is 2.79 bits per heavy atom. The summed E-state index contributed by atoms with van der Waals surface area (Å²) >= 11 is 11.7. The fraction of sp³-hybridized carbons (Fsp3) is 0.462. The molecular weight excluding hydrogens is 287 g/mol. The monoisotopic (exact) mass is 304 g/mol. The van der Waals surface area contributed by atoms with E-state index in [9.17, 15) is 4.79 Å². The smallest absolute Gasteiger partial charge is 0.257 e. The third-order valence-electron chi connectivity index (χ3n) is 2.30. The number of benzene rings is 1. The number of carbonyl (C=O) groups excluding carboxylic acids is 1. The van der Waals surface area contributed by atoms with Crippen LogP contribution in [-0.4, -0.2) is 32.1 Å². The number of hydrogen-bond donors (Lipinski definition) is 2. The zero-order chi connectivity index (χ0) is 14.1. The molecule has 1 rings (SSSR count). The van der Waals surface area contributed by atoms with E-state index in [4.69, 9.17) is 27.9 Å². The van der Waals surface area contributed by atoms with E-state index in [0.717, 1.165) is 19.5 Å². The first-order valence-corrected chi connectivity index (χ1v) is 6.94. The second-order valence-electron chi connectivity index (χ2n) is 3.96. The molecule has 1 aromatic carbocycles. The Bertz CT molecular complexity index is 414. The minimum Gasteiger partial charge on any atom is -0.482 e. The van der Waals surface area contributed by atoms with E-state index in [1.165, 1.54) is 0 Å². The van der Waals surface area contributed by atoms with Gasteiger partial charge < -0.3 is 15.4 Å². The van der Waals surface area contributed by atoms with Gasteiger partial charge in [-0.3, -0.25) is 4.79 Å². The van der Waals surface area contributed by atoms with E-state index in [1.54, 1.807) is 18.2 Å². The van der Waals surface area contributed by atoms with Gasteiger partial charge in [0.1, 0.15) is 5.75 Å². The molecule has 0 aliphatic rings. The number of carbonyl (C=O) groups is 1. The standard InChI is InChI=1S/C13H18Cl2N2O2/c1-2-5-16-6-7-17-13(18)9-19-12-8-10(14)3-4-11(12)15/h3-4,8,16H,2,5-7,9H2,1H3,(H,17,18). The van der Waals surface area contributed by atoms with Gasteiger partial charge in [-0.2, -0.15) is 0 Å². The molecule has 0 aromatic heterocycles. The van der Waals surface area contributed by atoms with Gasteiger partial charge in [-0.25, -0.2) is 0 Å². The largest absolute Gasteiger partial charge is 0.482 e. The SMILES string of the molecule is CCCNCCNC(=O)COc1cc(Cl)ccc1Cl. The lowest BCUT2D eigenvalue weighted by molar-refractivity contribution is -0.123. The Labute approximate surface area is 123 Å². The Morgan fingerprint density at radius 1 is 1.26 bits per heavy atom. The first-order valence-electron chi connectivity index (χ1n) is 6.18. The van der Waals surface area contributed by atoms with E-state index in [-0.39, 0.29) is 12.5 Å². The predicted molar refractivity (Wildman–Crippen MR) is 78.1 cm³/mol. The van der Waals surface area contributed by atoms with Crippen molar-refractivity contribution in [2.45, 2.75) is 13.3 Å². The van der Waals surface area contributed by atoms with Gasteiger partial charge in [0.25, 0.3) is 5.91 Å². The van der Waals surface area contributed by atoms with Gasteiger partial charge in [0.2, 0.25) is 0 Å². The predicted octanol–water partition coefficient (Wildman–Crippen LogP) is 2.49. The van der Waals surface area contributed by atoms with Crippen molar-refractivity contribution >= 4 is 29.1 Å². The summed E-state index contributed by atoms with van der Waals surface area (Å²) in [7, 11) is 0. The number of amides is 1. The van der Waals surface area contributed by atoms with Crippen molar-refractivity contribution in [1.82, 2.24) is 10.6 Å². The molecule has 1 aromatic rings. The Balaban J connectivity index is 2.24. The molecule has 4 nitrogen and oxygen atoms in total. The molecule has 0 fully saturated rings. The van der Waals surface area contributed by atoms with Crippen molar-refractivity contribution in [2.24, 2.45) is 0 Å². The molecule has 6 heteroatoms. The first-order chi connectivity index (χ1) is 9.13. The van der Waals surface area contributed by atoms with Gasteiger partial charge in [-0.15, -0.1) is 0 Å². The summed E-state index contributed by atoms with van der Waals surface area (Å²) < 4.78 is 5.31. The van der Waals surface area contributed by atoms with Crippen LogP contribution in [0.2, 0.25) is 10.0 Å². The maximum absolute atomic E-state index is 11.5. The van der Waals surface area contributed by atoms with Crippen molar-refractivity contribution < 1.29 is 9.53 Å². The van der Waals surface area contributed by atoms with Crippen LogP contribution >= 0.6 is 23.2 Å². The molecule has 19 heavy (non-hydrogen) atoms. The lowest BCUT2D eigenvalue weighted by Gasteiger charge is -2.09. The Hall–Kier alpha value is -0.970. The van der Waals surface area contributed by atoms with Crippen LogP contribution in [0, 0.1) is 0 Å². The molecule has 0 atom stereocenters. The fourth-order valence-corrected chi connectivity index (χ4v) is 1.71. The van der Waals surface area contributed by atoms with Crippen LogP contribution in [0.25, 0.3) is 0 Å². The number of nitrogens with one attached hydrogen (secondary N) is 2. The number of rotatable bonds is 8. The minimum atomic E-state index is -0.186. The highest BCUT2D eigenvalue weighted by molar-refractivity contribution is 6.34. The highest BCUT2D eigenvalue weighted by Crippen LogP contribution is 2.27. The third kappa shape index (κ3) is 6.66. The molecule has 0 aliphatic heterocycles. The number of hydrogen-bond acceptors (Lipinski definition) is 3. The van der Waals surface area contributed by atoms with Crippen LogP contribution in [0.1, 0.15) is 13.3 Å². The quantitative estimate of drug-likeness (QED) is 0.726. The lowest BCUT2D eigenvalue weighted by atomic mass is 10.3. The summed E-state index contributed by atoms with van der Waals surface area (Å²) in [5.41, 5.74) is 0. The normalized spacial score (nSPS) is 10.3. The van der Waals surface area contributed by atoms with Gasteiger partial charge in [-0.05, 0) is 25.1 Å². The Morgan fingerprint density at radius 2 is 2.05 bits per heavy atom. The van der Waals surface area contributed by atoms with Crippen molar-refractivity contribution in [1.29, 1.82) is 0 Å². The highest BCUT2D eigenvalue weighted by atomic mass is 35.5. The molecule has 0 heterocycles. The highest BCUT2D eigenvalue weighted by Gasteiger charge is 2.06. The maximum Gasteiger partial charge on any atom is 0.257 e. The molecule has 0 unspecified atom stereocenters. The lowest BCUT2D eigenvalue weighted by Crippen LogP contribution is -2.35. The number of halogens is 2. The third-order valence-corrected chi connectivity index (χ3v) is 2.85. The van der Waals surface area contributed by atoms with Crippen LogP contribution in [-0.2, 0) is 4.79 Å². The summed E-state index contributed by atoms with van der Waals surface area (Å²) in [6, 6.07) is 4.88. The van der Waals surface area contributed by atoms with Gasteiger partial charge in [0.05, 0.1) is 5.02 Å². The van der Waals surface area contributed by atoms with E-state index in [0.29, 0.717) is 22.3 Å². The second-order valence-corrected chi connectivity index (χ2v) is 4.81. The molecule has 2 N–H and O–H groups in total. The van der Waals surface area contributed by atoms with Crippen molar-refractivity contribution in [3.63, 3.8) is 0 Å². The van der Waals surface area contributed by atoms with Crippen molar-refractivity contribution in [2.75, 3.05) is 26.2 Å². The van der Waals surface area contributed by atoms with Gasteiger partial charge in [0, 0.05) is 24.2 Å². The topological polar surface area (TPSA) is 50.4 Å². The van der Waals surface area contributed by atoms with Crippen LogP contribution in [0.5, 0.6) is 5.75 Å². The van der Waals surface area contributed by atoms with E-state index in [1.807, 2.05) is 0 Å². The molecule has 106 valence electrons. The molecule has 0 aliphatic carbocycles. The van der Waals surface area contributed by atoms with E-state index >= 15 is 0 Å². The molecule has 0 bridgehead atoms. The molecule has 0 saturated carbocycles. The maximum atomic E-state index is 11.5. The number of ether oxygens (including phenoxy) is 1. The molecule has 1 amide bonds. The van der Waals surface area contributed by atoms with Crippen LogP contribution < -0.4 is 15.4 Å². The zero-order valence-electron chi connectivity index (χ0n) is 10.8. The summed E-state index contributed by atoms with van der Waals surface area (Å²) in [4.78, 5) is 11.5. The summed E-state index contributed by atoms with van der Waals surface area (Å²) in [5, 5.41) is 6.88. The zero-order valence-corrected chi connectivity index (χ0v) is 12.4. The molecule has 0 saturated heterocycles. The van der Waals surface area contributed by atoms with Crippen molar-refractivity contribution in [3.05, 3.63) is 28.2 Å². The summed E-state index contributed by atoms with van der Waals surface area (Å²) in [6.07, 6.45) is 1.07. The van der Waals surface area contributed by atoms with Crippen LogP contribution in [0.4, 0.5) is 0 Å². The first kappa shape index (κ1) is 16.1. The summed E-state index contributed by atoms with van der Waals surface area (Å²) in [6.45, 7) is 4.29. The average Bonchev–Trinajstić information content (AvgIpc) is 2.39. The van der Waals surface area contributed by atoms with Crippen LogP contribution in [0.15, 0.2) is 18.2 Å². The van der Waals surface area contributed by atoms with Crippen molar-refractivity contribution in [3.8, 4) is 5.75 Å². The fourth-order valence-electron chi connectivity index (χ4n) is 1.37. The molecular formula is C13H18Cl2N2O2. The van der Waals surface area contributed by atoms with E-state index in [2.05, 4.69) is 17.6 Å². The van der Waals surface area contributed by atoms with Gasteiger partial charge in [0.15, 0.2) is 6.61 Å². The van der Waals surface area contributed by atoms with E-state index < -0.39 is 0 Å². The molecule has 0 spiro atoms. The Kier molecular flexibility index (Phi) is 7.63. The van der Waals surface area contributed by atoms with Gasteiger partial charge >= 0.3 is 0 Å². The average molecular weight is 305 g/mol. The summed E-state index contributed by atoms with van der Waals surface area (Å²) in [5.74, 6) is 0.225. The van der Waals surface area contributed by atoms with Gasteiger partial charge in [-0.1, -0.05) is 30.1 Å². The van der Waals surface area contributed by atoms with Crippen LogP contribution in [0.3, 0.4) is 0 Å². The minimum absolute atomic E-state index is 0.0756.